The predicted molar refractivity (Wildman–Crippen MR) is 130 cm³/mol. The molecule has 4 aromatic heterocycles. The molecule has 4 radical (unpaired) electrons. The Balaban J connectivity index is 2.28. The van der Waals surface area contributed by atoms with Crippen molar-refractivity contribution in [2.24, 2.45) is 0 Å². The maximum absolute atomic E-state index is 10.1. The lowest BCUT2D eigenvalue weighted by molar-refractivity contribution is 1.01. The first-order valence-corrected chi connectivity index (χ1v) is 10.6. The molecule has 0 bridgehead atoms. The van der Waals surface area contributed by atoms with E-state index < -0.39 is 0 Å². The number of aromatic nitrogens is 6. The van der Waals surface area contributed by atoms with Gasteiger partial charge in [0, 0.05) is 44.9 Å². The summed E-state index contributed by atoms with van der Waals surface area (Å²) in [5, 5.41) is 22.4. The summed E-state index contributed by atoms with van der Waals surface area (Å²) in [4.78, 5) is 17.8. The highest BCUT2D eigenvalue weighted by atomic mass is 15.0. The Kier molecular flexibility index (Phi) is 5.62. The van der Waals surface area contributed by atoms with E-state index in [1.807, 2.05) is 53.7 Å². The molecule has 0 amide bonds. The van der Waals surface area contributed by atoms with E-state index in [-0.39, 0.29) is 22.8 Å². The van der Waals surface area contributed by atoms with Crippen LogP contribution in [0.1, 0.15) is 45.8 Å². The van der Waals surface area contributed by atoms with Crippen LogP contribution in [0.5, 0.6) is 0 Å². The van der Waals surface area contributed by atoms with Crippen LogP contribution in [0.4, 0.5) is 0 Å². The Labute approximate surface area is 199 Å². The van der Waals surface area contributed by atoms with E-state index in [1.165, 1.54) is 8.96 Å². The SMILES string of the molecule is [B]n1c(C)c2/c(=C(\C#N)c3nc(C)cc(C)n3)n([B])c(C)c2/c1=C(\C#N)c1nc(C)cc(C)n1. The average Bonchev–Trinajstić information content (AvgIpc) is 3.15. The molecule has 0 atom stereocenters. The minimum Gasteiger partial charge on any atom is -0.399 e. The van der Waals surface area contributed by atoms with Gasteiger partial charge in [0.1, 0.15) is 23.3 Å². The molecular formula is C24H20B2N8. The molecule has 162 valence electrons. The van der Waals surface area contributed by atoms with Crippen molar-refractivity contribution in [2.45, 2.75) is 41.5 Å². The number of hydrogen-bond acceptors (Lipinski definition) is 6. The van der Waals surface area contributed by atoms with Gasteiger partial charge in [-0.15, -0.1) is 0 Å². The van der Waals surface area contributed by atoms with E-state index in [4.69, 9.17) is 16.0 Å². The second-order valence-electron chi connectivity index (χ2n) is 8.28. The van der Waals surface area contributed by atoms with Crippen LogP contribution in [-0.4, -0.2) is 44.9 Å². The maximum Gasteiger partial charge on any atom is 0.234 e. The van der Waals surface area contributed by atoms with Crippen molar-refractivity contribution in [3.63, 3.8) is 0 Å². The highest BCUT2D eigenvalue weighted by molar-refractivity contribution is 6.14. The van der Waals surface area contributed by atoms with Crippen LogP contribution in [0, 0.1) is 64.2 Å². The molecule has 4 aromatic rings. The van der Waals surface area contributed by atoms with Crippen LogP contribution in [0.25, 0.3) is 21.9 Å². The monoisotopic (exact) mass is 442 g/mol. The molecule has 0 N–H and O–H groups in total. The summed E-state index contributed by atoms with van der Waals surface area (Å²) in [6.45, 7) is 11.0. The average molecular weight is 442 g/mol. The van der Waals surface area contributed by atoms with Gasteiger partial charge in [0.2, 0.25) is 16.0 Å². The molecule has 0 saturated carbocycles. The largest absolute Gasteiger partial charge is 0.399 e. The molecule has 10 heteroatoms. The zero-order valence-electron chi connectivity index (χ0n) is 19.9. The highest BCUT2D eigenvalue weighted by Crippen LogP contribution is 2.21. The zero-order chi connectivity index (χ0) is 24.9. The van der Waals surface area contributed by atoms with Gasteiger partial charge >= 0.3 is 0 Å². The highest BCUT2D eigenvalue weighted by Gasteiger charge is 2.22. The Morgan fingerprint density at radius 3 is 1.21 bits per heavy atom. The molecule has 0 fully saturated rings. The lowest BCUT2D eigenvalue weighted by Gasteiger charge is -2.07. The molecule has 0 aliphatic carbocycles. The van der Waals surface area contributed by atoms with E-state index >= 15 is 0 Å². The Bertz CT molecular complexity index is 1540. The summed E-state index contributed by atoms with van der Waals surface area (Å²) in [5.41, 5.74) is 4.63. The summed E-state index contributed by atoms with van der Waals surface area (Å²) in [7, 11) is 13.0. The molecular weight excluding hydrogens is 422 g/mol. The zero-order valence-corrected chi connectivity index (χ0v) is 19.9. The number of nitriles is 2. The van der Waals surface area contributed by atoms with Gasteiger partial charge in [-0.25, -0.2) is 19.9 Å². The lowest BCUT2D eigenvalue weighted by Crippen LogP contribution is -2.24. The van der Waals surface area contributed by atoms with E-state index in [0.29, 0.717) is 32.9 Å². The van der Waals surface area contributed by atoms with Crippen molar-refractivity contribution in [1.29, 1.82) is 10.5 Å². The number of aryl methyl sites for hydroxylation is 6. The van der Waals surface area contributed by atoms with Crippen LogP contribution in [0.2, 0.25) is 0 Å². The van der Waals surface area contributed by atoms with Crippen LogP contribution in [0.3, 0.4) is 0 Å². The van der Waals surface area contributed by atoms with Crippen LogP contribution < -0.4 is 10.7 Å². The quantitative estimate of drug-likeness (QED) is 0.432. The van der Waals surface area contributed by atoms with Gasteiger partial charge in [-0.2, -0.15) is 10.5 Å². The van der Waals surface area contributed by atoms with Crippen LogP contribution in [0.15, 0.2) is 12.1 Å². The van der Waals surface area contributed by atoms with Gasteiger partial charge in [-0.3, -0.25) is 0 Å². The smallest absolute Gasteiger partial charge is 0.234 e. The first-order valence-electron chi connectivity index (χ1n) is 10.6. The minimum absolute atomic E-state index is 0.216. The topological polar surface area (TPSA) is 109 Å². The number of rotatable bonds is 2. The fourth-order valence-electron chi connectivity index (χ4n) is 4.34. The maximum atomic E-state index is 10.1. The number of fused-ring (bicyclic) bond motifs is 1. The molecule has 0 aliphatic rings. The van der Waals surface area contributed by atoms with E-state index in [0.717, 1.165) is 22.8 Å². The van der Waals surface area contributed by atoms with Crippen molar-refractivity contribution >= 4 is 37.9 Å². The summed E-state index contributed by atoms with van der Waals surface area (Å²) in [6, 6.07) is 8.11. The molecule has 0 aliphatic heterocycles. The van der Waals surface area contributed by atoms with Gasteiger partial charge in [-0.05, 0) is 53.7 Å². The van der Waals surface area contributed by atoms with Crippen molar-refractivity contribution in [1.82, 2.24) is 28.9 Å². The van der Waals surface area contributed by atoms with Gasteiger partial charge in [0.25, 0.3) is 0 Å². The third kappa shape index (κ3) is 3.48. The molecule has 8 nitrogen and oxygen atoms in total. The van der Waals surface area contributed by atoms with Gasteiger partial charge in [0.15, 0.2) is 11.6 Å². The van der Waals surface area contributed by atoms with Gasteiger partial charge in [0.05, 0.1) is 10.7 Å². The molecule has 0 unspecified atom stereocenters. The minimum atomic E-state index is 0.216. The summed E-state index contributed by atoms with van der Waals surface area (Å²) in [6.07, 6.45) is 0. The van der Waals surface area contributed by atoms with Crippen molar-refractivity contribution in [3.05, 3.63) is 68.6 Å². The normalized spacial score (nSPS) is 12.9. The molecule has 0 aromatic carbocycles. The summed E-state index contributed by atoms with van der Waals surface area (Å²) in [5.74, 6) is 0.554. The first-order chi connectivity index (χ1) is 16.1. The Morgan fingerprint density at radius 2 is 0.941 bits per heavy atom. The predicted octanol–water partition coefficient (Wildman–Crippen LogP) is 1.18. The summed E-state index contributed by atoms with van der Waals surface area (Å²) < 4.78 is 2.86. The van der Waals surface area contributed by atoms with Gasteiger partial charge in [-0.1, -0.05) is 0 Å². The molecule has 4 rings (SSSR count). The lowest BCUT2D eigenvalue weighted by atomic mass is 10.1. The van der Waals surface area contributed by atoms with E-state index in [9.17, 15) is 10.5 Å². The summed E-state index contributed by atoms with van der Waals surface area (Å²) >= 11 is 0. The third-order valence-electron chi connectivity index (χ3n) is 5.76. The fourth-order valence-corrected chi connectivity index (χ4v) is 4.34. The van der Waals surface area contributed by atoms with E-state index in [2.05, 4.69) is 32.1 Å². The number of hydrogen-bond donors (Lipinski definition) is 0. The van der Waals surface area contributed by atoms with Gasteiger partial charge < -0.3 is 8.96 Å². The number of nitrogens with zero attached hydrogens (tertiary/aromatic N) is 8. The van der Waals surface area contributed by atoms with Crippen molar-refractivity contribution in [3.8, 4) is 12.1 Å². The third-order valence-corrected chi connectivity index (χ3v) is 5.76. The molecule has 0 saturated heterocycles. The van der Waals surface area contributed by atoms with E-state index in [1.54, 1.807) is 0 Å². The molecule has 0 spiro atoms. The fraction of sp³-hybridized carbons (Fsp3) is 0.250. The Morgan fingerprint density at radius 1 is 0.647 bits per heavy atom. The molecule has 34 heavy (non-hydrogen) atoms. The Hall–Kier alpha value is -4.17. The van der Waals surface area contributed by atoms with Crippen molar-refractivity contribution in [2.75, 3.05) is 0 Å². The standard InChI is InChI=1S/C24H20B2N8/c1-11-7-12(2)30-23(29-11)17(9-27)21-19-15(5)34(26)22(20(19)16(6)33(21)25)18(10-28)24-31-13(3)8-14(4)32-24/h7-8H,1-6H3/b21-17-,22-18-. The van der Waals surface area contributed by atoms with Crippen LogP contribution in [-0.2, 0) is 0 Å². The second-order valence-corrected chi connectivity index (χ2v) is 8.28. The molecule has 4 heterocycles. The van der Waals surface area contributed by atoms with Crippen molar-refractivity contribution < 1.29 is 0 Å². The van der Waals surface area contributed by atoms with Crippen LogP contribution >= 0.6 is 0 Å². The first kappa shape index (κ1) is 23.0. The second kappa shape index (κ2) is 8.31.